The SMILES string of the molecule is C=CC(=O)OCCC(C)Oc1ccc(Oc2ccc(C#N)cc2)cc1. The van der Waals surface area contributed by atoms with E-state index in [1.165, 1.54) is 0 Å². The van der Waals surface area contributed by atoms with Gasteiger partial charge in [-0.2, -0.15) is 5.26 Å². The number of nitrogens with zero attached hydrogens (tertiary/aromatic N) is 1. The molecule has 5 nitrogen and oxygen atoms in total. The van der Waals surface area contributed by atoms with E-state index in [0.717, 1.165) is 6.08 Å². The van der Waals surface area contributed by atoms with E-state index in [9.17, 15) is 4.79 Å². The summed E-state index contributed by atoms with van der Waals surface area (Å²) in [5.74, 6) is 1.60. The number of carbonyl (C=O) groups is 1. The molecule has 0 aliphatic rings. The molecule has 0 aromatic heterocycles. The van der Waals surface area contributed by atoms with Crippen molar-refractivity contribution in [1.82, 2.24) is 0 Å². The first-order valence-electron chi connectivity index (χ1n) is 7.84. The van der Waals surface area contributed by atoms with E-state index in [1.807, 2.05) is 19.1 Å². The molecule has 0 aliphatic carbocycles. The Labute approximate surface area is 147 Å². The van der Waals surface area contributed by atoms with Crippen LogP contribution in [0.15, 0.2) is 61.2 Å². The van der Waals surface area contributed by atoms with E-state index >= 15 is 0 Å². The number of rotatable bonds is 8. The van der Waals surface area contributed by atoms with Crippen LogP contribution in [0.5, 0.6) is 17.2 Å². The second-order valence-corrected chi connectivity index (χ2v) is 5.30. The lowest BCUT2D eigenvalue weighted by atomic mass is 10.2. The summed E-state index contributed by atoms with van der Waals surface area (Å²) in [5.41, 5.74) is 0.587. The summed E-state index contributed by atoms with van der Waals surface area (Å²) in [4.78, 5) is 11.0. The molecule has 0 saturated heterocycles. The normalized spacial score (nSPS) is 11.0. The molecule has 2 aromatic rings. The van der Waals surface area contributed by atoms with Gasteiger partial charge in [0.15, 0.2) is 0 Å². The molecule has 0 spiro atoms. The first kappa shape index (κ1) is 18.1. The molecule has 1 unspecified atom stereocenters. The highest BCUT2D eigenvalue weighted by atomic mass is 16.5. The van der Waals surface area contributed by atoms with E-state index in [0.29, 0.717) is 29.2 Å². The zero-order valence-corrected chi connectivity index (χ0v) is 14.0. The molecular weight excluding hydrogens is 318 g/mol. The molecule has 25 heavy (non-hydrogen) atoms. The van der Waals surface area contributed by atoms with Gasteiger partial charge in [0.2, 0.25) is 0 Å². The van der Waals surface area contributed by atoms with Gasteiger partial charge in [-0.3, -0.25) is 0 Å². The summed E-state index contributed by atoms with van der Waals surface area (Å²) in [7, 11) is 0. The summed E-state index contributed by atoms with van der Waals surface area (Å²) in [6, 6.07) is 16.2. The van der Waals surface area contributed by atoms with Gasteiger partial charge in [-0.05, 0) is 55.5 Å². The Balaban J connectivity index is 1.83. The van der Waals surface area contributed by atoms with Crippen molar-refractivity contribution in [1.29, 1.82) is 5.26 Å². The molecule has 0 amide bonds. The number of ether oxygens (including phenoxy) is 3. The molecule has 1 atom stereocenters. The largest absolute Gasteiger partial charge is 0.491 e. The van der Waals surface area contributed by atoms with Crippen LogP contribution in [0.1, 0.15) is 18.9 Å². The average Bonchev–Trinajstić information content (AvgIpc) is 2.64. The number of carbonyl (C=O) groups excluding carboxylic acids is 1. The topological polar surface area (TPSA) is 68.6 Å². The summed E-state index contributed by atoms with van der Waals surface area (Å²) < 4.78 is 16.4. The standard InChI is InChI=1S/C20H19NO4/c1-3-20(22)23-13-12-15(2)24-17-8-10-19(11-9-17)25-18-6-4-16(14-21)5-7-18/h3-11,15H,1,12-13H2,2H3. The first-order chi connectivity index (χ1) is 12.1. The molecule has 0 radical (unpaired) electrons. The Kier molecular flexibility index (Phi) is 6.61. The van der Waals surface area contributed by atoms with Crippen molar-refractivity contribution >= 4 is 5.97 Å². The van der Waals surface area contributed by atoms with Gasteiger partial charge in [0.05, 0.1) is 24.3 Å². The van der Waals surface area contributed by atoms with E-state index in [-0.39, 0.29) is 12.7 Å². The van der Waals surface area contributed by atoms with Gasteiger partial charge in [-0.25, -0.2) is 4.79 Å². The molecule has 0 aliphatic heterocycles. The summed E-state index contributed by atoms with van der Waals surface area (Å²) >= 11 is 0. The van der Waals surface area contributed by atoms with E-state index in [1.54, 1.807) is 36.4 Å². The molecule has 0 saturated carbocycles. The minimum atomic E-state index is -0.434. The average molecular weight is 337 g/mol. The maximum Gasteiger partial charge on any atom is 0.330 e. The molecule has 128 valence electrons. The monoisotopic (exact) mass is 337 g/mol. The van der Waals surface area contributed by atoms with Crippen molar-refractivity contribution in [2.24, 2.45) is 0 Å². The van der Waals surface area contributed by atoms with Crippen molar-refractivity contribution < 1.29 is 19.0 Å². The summed E-state index contributed by atoms with van der Waals surface area (Å²) in [5, 5.41) is 8.78. The van der Waals surface area contributed by atoms with Crippen LogP contribution in [0.25, 0.3) is 0 Å². The van der Waals surface area contributed by atoms with Crippen LogP contribution < -0.4 is 9.47 Å². The van der Waals surface area contributed by atoms with Crippen LogP contribution in [0.4, 0.5) is 0 Å². The van der Waals surface area contributed by atoms with Crippen molar-refractivity contribution in [3.05, 3.63) is 66.7 Å². The molecule has 0 N–H and O–H groups in total. The Morgan fingerprint density at radius 3 is 2.24 bits per heavy atom. The third-order valence-corrected chi connectivity index (χ3v) is 3.32. The Hall–Kier alpha value is -3.26. The van der Waals surface area contributed by atoms with Crippen molar-refractivity contribution in [3.8, 4) is 23.3 Å². The van der Waals surface area contributed by atoms with Gasteiger partial charge in [-0.15, -0.1) is 0 Å². The van der Waals surface area contributed by atoms with E-state index < -0.39 is 5.97 Å². The summed E-state index contributed by atoms with van der Waals surface area (Å²) in [6.45, 7) is 5.53. The highest BCUT2D eigenvalue weighted by Crippen LogP contribution is 2.24. The number of nitriles is 1. The van der Waals surface area contributed by atoms with Crippen LogP contribution >= 0.6 is 0 Å². The van der Waals surface area contributed by atoms with Gasteiger partial charge in [0.1, 0.15) is 17.2 Å². The fourth-order valence-electron chi connectivity index (χ4n) is 2.00. The third-order valence-electron chi connectivity index (χ3n) is 3.32. The van der Waals surface area contributed by atoms with Crippen LogP contribution in [0.3, 0.4) is 0 Å². The molecule has 0 fully saturated rings. The zero-order valence-electron chi connectivity index (χ0n) is 14.0. The van der Waals surface area contributed by atoms with Crippen LogP contribution in [-0.2, 0) is 9.53 Å². The van der Waals surface area contributed by atoms with Crippen molar-refractivity contribution in [2.75, 3.05) is 6.61 Å². The van der Waals surface area contributed by atoms with Crippen LogP contribution in [-0.4, -0.2) is 18.7 Å². The Morgan fingerprint density at radius 2 is 1.68 bits per heavy atom. The minimum Gasteiger partial charge on any atom is -0.491 e. The molecule has 2 rings (SSSR count). The lowest BCUT2D eigenvalue weighted by Gasteiger charge is -2.15. The maximum atomic E-state index is 11.0. The van der Waals surface area contributed by atoms with E-state index in [4.69, 9.17) is 19.5 Å². The predicted octanol–water partition coefficient (Wildman–Crippen LogP) is 4.24. The smallest absolute Gasteiger partial charge is 0.330 e. The maximum absolute atomic E-state index is 11.0. The molecule has 0 bridgehead atoms. The van der Waals surface area contributed by atoms with Gasteiger partial charge in [0.25, 0.3) is 0 Å². The Bertz CT molecular complexity index is 745. The number of hydrogen-bond acceptors (Lipinski definition) is 5. The van der Waals surface area contributed by atoms with Crippen molar-refractivity contribution in [3.63, 3.8) is 0 Å². The highest BCUT2D eigenvalue weighted by Gasteiger charge is 2.06. The predicted molar refractivity (Wildman–Crippen MR) is 93.5 cm³/mol. The number of hydrogen-bond donors (Lipinski definition) is 0. The fraction of sp³-hybridized carbons (Fsp3) is 0.200. The third kappa shape index (κ3) is 6.04. The van der Waals surface area contributed by atoms with E-state index in [2.05, 4.69) is 12.6 Å². The highest BCUT2D eigenvalue weighted by molar-refractivity contribution is 5.81. The lowest BCUT2D eigenvalue weighted by molar-refractivity contribution is -0.138. The van der Waals surface area contributed by atoms with Gasteiger partial charge < -0.3 is 14.2 Å². The summed E-state index contributed by atoms with van der Waals surface area (Å²) in [6.07, 6.45) is 1.63. The Morgan fingerprint density at radius 1 is 1.12 bits per heavy atom. The first-order valence-corrected chi connectivity index (χ1v) is 7.84. The number of esters is 1. The quantitative estimate of drug-likeness (QED) is 0.532. The molecular formula is C20H19NO4. The zero-order chi connectivity index (χ0) is 18.1. The lowest BCUT2D eigenvalue weighted by Crippen LogP contribution is -2.15. The molecule has 0 heterocycles. The van der Waals surface area contributed by atoms with Gasteiger partial charge in [0, 0.05) is 12.5 Å². The second kappa shape index (κ2) is 9.14. The second-order valence-electron chi connectivity index (χ2n) is 5.30. The fourth-order valence-corrected chi connectivity index (χ4v) is 2.00. The molecule has 2 aromatic carbocycles. The van der Waals surface area contributed by atoms with Crippen molar-refractivity contribution in [2.45, 2.75) is 19.4 Å². The van der Waals surface area contributed by atoms with Crippen LogP contribution in [0, 0.1) is 11.3 Å². The molecule has 5 heteroatoms. The van der Waals surface area contributed by atoms with Crippen LogP contribution in [0.2, 0.25) is 0 Å². The minimum absolute atomic E-state index is 0.0945. The number of benzene rings is 2. The van der Waals surface area contributed by atoms with Gasteiger partial charge >= 0.3 is 5.97 Å². The van der Waals surface area contributed by atoms with Gasteiger partial charge in [-0.1, -0.05) is 6.58 Å².